The fraction of sp³-hybridized carbons (Fsp3) is 0.308. The van der Waals surface area contributed by atoms with E-state index in [-0.39, 0.29) is 0 Å². The van der Waals surface area contributed by atoms with Crippen LogP contribution in [0, 0.1) is 6.92 Å². The molecule has 19 heavy (non-hydrogen) atoms. The summed E-state index contributed by atoms with van der Waals surface area (Å²) in [4.78, 5) is 3.98. The van der Waals surface area contributed by atoms with Crippen molar-refractivity contribution in [2.75, 3.05) is 6.54 Å². The molecule has 0 fully saturated rings. The zero-order valence-electron chi connectivity index (χ0n) is 10.4. The number of halogens is 3. The van der Waals surface area contributed by atoms with Crippen molar-refractivity contribution in [3.63, 3.8) is 0 Å². The van der Waals surface area contributed by atoms with Crippen LogP contribution in [0.2, 0.25) is 0 Å². The first-order chi connectivity index (χ1) is 8.93. The Kier molecular flexibility index (Phi) is 3.61. The minimum absolute atomic E-state index is 0.420. The smallest absolute Gasteiger partial charge is 0.330 e. The van der Waals surface area contributed by atoms with Crippen LogP contribution in [0.4, 0.5) is 13.2 Å². The van der Waals surface area contributed by atoms with Gasteiger partial charge in [0.25, 0.3) is 0 Å². The first-order valence-electron chi connectivity index (χ1n) is 5.83. The molecular formula is C13H14F3N3. The lowest BCUT2D eigenvalue weighted by Crippen LogP contribution is -2.10. The van der Waals surface area contributed by atoms with Gasteiger partial charge in [0.15, 0.2) is 0 Å². The van der Waals surface area contributed by atoms with Gasteiger partial charge in [0.05, 0.1) is 17.6 Å². The maximum Gasteiger partial charge on any atom is 0.416 e. The molecule has 3 nitrogen and oxygen atoms in total. The Morgan fingerprint density at radius 3 is 2.68 bits per heavy atom. The second-order valence-corrected chi connectivity index (χ2v) is 4.29. The predicted molar refractivity (Wildman–Crippen MR) is 66.1 cm³/mol. The summed E-state index contributed by atoms with van der Waals surface area (Å²) in [7, 11) is 0. The van der Waals surface area contributed by atoms with E-state index in [0.29, 0.717) is 18.7 Å². The Bertz CT molecular complexity index is 573. The molecule has 0 unspecified atom stereocenters. The Morgan fingerprint density at radius 2 is 2.05 bits per heavy atom. The number of imidazole rings is 1. The number of benzene rings is 1. The van der Waals surface area contributed by atoms with Crippen LogP contribution in [-0.4, -0.2) is 16.1 Å². The van der Waals surface area contributed by atoms with Crippen LogP contribution in [0.25, 0.3) is 5.69 Å². The molecule has 0 aliphatic rings. The van der Waals surface area contributed by atoms with Crippen LogP contribution in [0.3, 0.4) is 0 Å². The Morgan fingerprint density at radius 1 is 1.32 bits per heavy atom. The van der Waals surface area contributed by atoms with Gasteiger partial charge in [-0.15, -0.1) is 0 Å². The third-order valence-electron chi connectivity index (χ3n) is 2.91. The highest BCUT2D eigenvalue weighted by molar-refractivity contribution is 5.45. The second kappa shape index (κ2) is 5.05. The molecule has 0 atom stereocenters. The molecular weight excluding hydrogens is 255 g/mol. The molecule has 0 bridgehead atoms. The van der Waals surface area contributed by atoms with Gasteiger partial charge in [0.2, 0.25) is 0 Å². The molecule has 0 radical (unpaired) electrons. The van der Waals surface area contributed by atoms with Crippen molar-refractivity contribution < 1.29 is 13.2 Å². The standard InChI is InChI=1S/C13H14F3N3/c1-9-2-3-10(13(14,15)16)6-12(9)19-8-18-7-11(19)4-5-17/h2-3,6-8H,4-5,17H2,1H3. The molecule has 2 aromatic rings. The first kappa shape index (κ1) is 13.6. The maximum atomic E-state index is 12.7. The first-order valence-corrected chi connectivity index (χ1v) is 5.83. The van der Waals surface area contributed by atoms with Crippen molar-refractivity contribution in [3.8, 4) is 5.69 Å². The lowest BCUT2D eigenvalue weighted by Gasteiger charge is -2.14. The van der Waals surface area contributed by atoms with E-state index in [4.69, 9.17) is 5.73 Å². The van der Waals surface area contributed by atoms with Crippen molar-refractivity contribution in [1.82, 2.24) is 9.55 Å². The summed E-state index contributed by atoms with van der Waals surface area (Å²) in [5.74, 6) is 0. The number of alkyl halides is 3. The highest BCUT2D eigenvalue weighted by Gasteiger charge is 2.31. The monoisotopic (exact) mass is 269 g/mol. The lowest BCUT2D eigenvalue weighted by atomic mass is 10.1. The van der Waals surface area contributed by atoms with Gasteiger partial charge in [0.1, 0.15) is 0 Å². The van der Waals surface area contributed by atoms with Crippen molar-refractivity contribution in [2.45, 2.75) is 19.5 Å². The average Bonchev–Trinajstić information content (AvgIpc) is 2.77. The topological polar surface area (TPSA) is 43.8 Å². The highest BCUT2D eigenvalue weighted by Crippen LogP contribution is 2.31. The molecule has 1 heterocycles. The third-order valence-corrected chi connectivity index (χ3v) is 2.91. The lowest BCUT2D eigenvalue weighted by molar-refractivity contribution is -0.137. The zero-order chi connectivity index (χ0) is 14.0. The number of hydrogen-bond acceptors (Lipinski definition) is 2. The Hall–Kier alpha value is -1.82. The van der Waals surface area contributed by atoms with Gasteiger partial charge in [-0.2, -0.15) is 13.2 Å². The minimum atomic E-state index is -4.35. The van der Waals surface area contributed by atoms with E-state index < -0.39 is 11.7 Å². The normalized spacial score (nSPS) is 11.8. The van der Waals surface area contributed by atoms with Gasteiger partial charge in [-0.05, 0) is 31.2 Å². The molecule has 2 rings (SSSR count). The number of aryl methyl sites for hydroxylation is 1. The zero-order valence-corrected chi connectivity index (χ0v) is 10.4. The van der Waals surface area contributed by atoms with Gasteiger partial charge in [-0.25, -0.2) is 4.98 Å². The van der Waals surface area contributed by atoms with E-state index in [0.717, 1.165) is 23.4 Å². The van der Waals surface area contributed by atoms with E-state index in [2.05, 4.69) is 4.98 Å². The number of nitrogens with two attached hydrogens (primary N) is 1. The summed E-state index contributed by atoms with van der Waals surface area (Å²) in [6, 6.07) is 3.68. The Labute approximate surface area is 108 Å². The van der Waals surface area contributed by atoms with E-state index >= 15 is 0 Å². The molecule has 1 aromatic carbocycles. The van der Waals surface area contributed by atoms with Crippen molar-refractivity contribution >= 4 is 0 Å². The maximum absolute atomic E-state index is 12.7. The van der Waals surface area contributed by atoms with Gasteiger partial charge < -0.3 is 10.3 Å². The van der Waals surface area contributed by atoms with E-state index in [1.807, 2.05) is 0 Å². The molecule has 1 aromatic heterocycles. The summed E-state index contributed by atoms with van der Waals surface area (Å²) < 4.78 is 39.9. The number of rotatable bonds is 3. The summed E-state index contributed by atoms with van der Waals surface area (Å²) in [5.41, 5.74) is 6.85. The Balaban J connectivity index is 2.52. The van der Waals surface area contributed by atoms with E-state index in [1.165, 1.54) is 12.4 Å². The van der Waals surface area contributed by atoms with Gasteiger partial charge in [0, 0.05) is 18.3 Å². The van der Waals surface area contributed by atoms with Crippen LogP contribution < -0.4 is 5.73 Å². The van der Waals surface area contributed by atoms with E-state index in [9.17, 15) is 13.2 Å². The van der Waals surface area contributed by atoms with Crippen LogP contribution in [0.15, 0.2) is 30.7 Å². The van der Waals surface area contributed by atoms with Crippen molar-refractivity contribution in [3.05, 3.63) is 47.5 Å². The highest BCUT2D eigenvalue weighted by atomic mass is 19.4. The fourth-order valence-electron chi connectivity index (χ4n) is 1.92. The molecule has 0 amide bonds. The van der Waals surface area contributed by atoms with Gasteiger partial charge >= 0.3 is 6.18 Å². The molecule has 6 heteroatoms. The van der Waals surface area contributed by atoms with Crippen LogP contribution in [0.1, 0.15) is 16.8 Å². The minimum Gasteiger partial charge on any atom is -0.330 e. The molecule has 0 aliphatic heterocycles. The van der Waals surface area contributed by atoms with E-state index in [1.54, 1.807) is 17.7 Å². The summed E-state index contributed by atoms with van der Waals surface area (Å²) >= 11 is 0. The summed E-state index contributed by atoms with van der Waals surface area (Å²) in [5, 5.41) is 0. The molecule has 2 N–H and O–H groups in total. The molecule has 102 valence electrons. The van der Waals surface area contributed by atoms with Gasteiger partial charge in [-0.1, -0.05) is 6.07 Å². The molecule has 0 aliphatic carbocycles. The largest absolute Gasteiger partial charge is 0.416 e. The number of nitrogens with zero attached hydrogens (tertiary/aromatic N) is 2. The van der Waals surface area contributed by atoms with Gasteiger partial charge in [-0.3, -0.25) is 0 Å². The van der Waals surface area contributed by atoms with Crippen molar-refractivity contribution in [2.24, 2.45) is 5.73 Å². The fourth-order valence-corrected chi connectivity index (χ4v) is 1.92. The molecule has 0 spiro atoms. The van der Waals surface area contributed by atoms with Crippen LogP contribution in [-0.2, 0) is 12.6 Å². The molecule has 0 saturated carbocycles. The average molecular weight is 269 g/mol. The molecule has 0 saturated heterocycles. The summed E-state index contributed by atoms with van der Waals surface area (Å²) in [6.07, 6.45) is -0.660. The van der Waals surface area contributed by atoms with Crippen LogP contribution >= 0.6 is 0 Å². The predicted octanol–water partition coefficient (Wildman–Crippen LogP) is 2.70. The van der Waals surface area contributed by atoms with Crippen molar-refractivity contribution in [1.29, 1.82) is 0 Å². The SMILES string of the molecule is Cc1ccc(C(F)(F)F)cc1-n1cncc1CCN. The number of hydrogen-bond donors (Lipinski definition) is 1. The quantitative estimate of drug-likeness (QED) is 0.931. The number of aromatic nitrogens is 2. The second-order valence-electron chi connectivity index (χ2n) is 4.29. The van der Waals surface area contributed by atoms with Crippen LogP contribution in [0.5, 0.6) is 0 Å². The third kappa shape index (κ3) is 2.78. The summed E-state index contributed by atoms with van der Waals surface area (Å²) in [6.45, 7) is 2.19.